The predicted octanol–water partition coefficient (Wildman–Crippen LogP) is 9.42. The lowest BCUT2D eigenvalue weighted by atomic mass is 9.83. The predicted molar refractivity (Wildman–Crippen MR) is 279 cm³/mol. The molecule has 0 spiro atoms. The number of benzene rings is 2. The monoisotopic (exact) mass is 964 g/mol. The van der Waals surface area contributed by atoms with Crippen molar-refractivity contribution in [2.24, 2.45) is 11.3 Å². The number of cyclic esters (lactones) is 1. The van der Waals surface area contributed by atoms with Crippen molar-refractivity contribution < 1.29 is 28.3 Å². The molecule has 1 saturated heterocycles. The van der Waals surface area contributed by atoms with Crippen LogP contribution in [0.5, 0.6) is 5.75 Å². The number of carbonyl (C=O) groups excluding carboxylic acids is 4. The van der Waals surface area contributed by atoms with E-state index in [0.717, 1.165) is 62.4 Å². The summed E-state index contributed by atoms with van der Waals surface area (Å²) in [7, 11) is 0.824. The van der Waals surface area contributed by atoms with Gasteiger partial charge in [0.05, 0.1) is 24.5 Å². The van der Waals surface area contributed by atoms with Crippen LogP contribution in [-0.4, -0.2) is 103 Å². The Morgan fingerprint density at radius 2 is 1.67 bits per heavy atom. The van der Waals surface area contributed by atoms with Gasteiger partial charge in [0.25, 0.3) is 14.2 Å². The van der Waals surface area contributed by atoms with Crippen molar-refractivity contribution in [3.63, 3.8) is 0 Å². The number of carbonyl (C=O) groups is 4. The molecule has 3 N–H and O–H groups in total. The minimum atomic E-state index is -2.49. The number of amides is 3. The molecule has 2 aliphatic rings. The van der Waals surface area contributed by atoms with Crippen molar-refractivity contribution in [1.29, 1.82) is 0 Å². The zero-order chi connectivity index (χ0) is 50.7. The largest absolute Gasteiger partial charge is 0.543 e. The highest BCUT2D eigenvalue weighted by Crippen LogP contribution is 2.45. The van der Waals surface area contributed by atoms with Crippen LogP contribution in [0.15, 0.2) is 54.7 Å². The third-order valence-electron chi connectivity index (χ3n) is 14.5. The van der Waals surface area contributed by atoms with Gasteiger partial charge in [-0.05, 0) is 120 Å². The van der Waals surface area contributed by atoms with Crippen LogP contribution in [-0.2, 0) is 43.3 Å². The second kappa shape index (κ2) is 21.9. The van der Waals surface area contributed by atoms with Crippen LogP contribution in [0.1, 0.15) is 126 Å². The van der Waals surface area contributed by atoms with E-state index in [-0.39, 0.29) is 43.2 Å². The molecular weight excluding hydrogens is 883 g/mol. The Labute approximate surface area is 413 Å². The average Bonchev–Trinajstić information content (AvgIpc) is 3.59. The SMILES string of the molecule is CCn1c(-c2cccnc2C(C)C)c2c3cc(ccc31)-c1cc(cc(O[Si](C(C)C)(C(C)C)C(C)C)c1)C[C@H](NC(=O)[C@H](C(C)C)N(C)C(=O)CNC)C(=O)N1CCC[C@H](N1)C(=O)OCC(C)(C)C2. The normalized spacial score (nSPS) is 18.5. The average molecular weight is 964 g/mol. The highest BCUT2D eigenvalue weighted by Gasteiger charge is 2.47. The van der Waals surface area contributed by atoms with Crippen LogP contribution in [0.2, 0.25) is 16.6 Å². The van der Waals surface area contributed by atoms with Gasteiger partial charge in [-0.2, -0.15) is 0 Å². The molecule has 3 amide bonds. The maximum atomic E-state index is 15.0. The summed E-state index contributed by atoms with van der Waals surface area (Å²) in [5.41, 5.74) is 11.9. The van der Waals surface area contributed by atoms with Crippen molar-refractivity contribution in [3.8, 4) is 28.1 Å². The zero-order valence-electron chi connectivity index (χ0n) is 44.2. The molecular formula is C55H81N7O6Si. The fourth-order valence-corrected chi connectivity index (χ4v) is 16.5. The van der Waals surface area contributed by atoms with Crippen LogP contribution >= 0.6 is 0 Å². The second-order valence-corrected chi connectivity index (χ2v) is 27.3. The fourth-order valence-electron chi connectivity index (χ4n) is 11.3. The topological polar surface area (TPSA) is 147 Å². The molecule has 0 radical (unpaired) electrons. The number of nitrogens with zero attached hydrogens (tertiary/aromatic N) is 4. The molecule has 2 aromatic carbocycles. The van der Waals surface area contributed by atoms with Crippen molar-refractivity contribution in [2.45, 2.75) is 163 Å². The number of likely N-dealkylation sites (N-methyl/N-ethyl adjacent to an activating group) is 2. The summed E-state index contributed by atoms with van der Waals surface area (Å²) in [5.74, 6) is -0.831. The molecule has 2 aromatic heterocycles. The van der Waals surface area contributed by atoms with Gasteiger partial charge in [0, 0.05) is 54.6 Å². The second-order valence-electron chi connectivity index (χ2n) is 21.9. The van der Waals surface area contributed by atoms with Crippen molar-refractivity contribution in [3.05, 3.63) is 71.5 Å². The third-order valence-corrected chi connectivity index (χ3v) is 20.5. The molecule has 6 bridgehead atoms. The first-order valence-corrected chi connectivity index (χ1v) is 27.6. The van der Waals surface area contributed by atoms with Gasteiger partial charge in [-0.3, -0.25) is 29.2 Å². The number of pyridine rings is 1. The lowest BCUT2D eigenvalue weighted by molar-refractivity contribution is -0.155. The smallest absolute Gasteiger partial charge is 0.324 e. The molecule has 4 aromatic rings. The Balaban J connectivity index is 1.63. The van der Waals surface area contributed by atoms with Gasteiger partial charge in [-0.25, -0.2) is 5.43 Å². The number of fused-ring (bicyclic) bond motifs is 6. The number of nitrogens with one attached hydrogen (secondary N) is 3. The molecule has 13 nitrogen and oxygen atoms in total. The molecule has 0 unspecified atom stereocenters. The van der Waals surface area contributed by atoms with E-state index in [0.29, 0.717) is 42.4 Å². The van der Waals surface area contributed by atoms with Gasteiger partial charge < -0.3 is 29.3 Å². The van der Waals surface area contributed by atoms with E-state index < -0.39 is 43.7 Å². The number of aromatic nitrogens is 2. The van der Waals surface area contributed by atoms with Crippen LogP contribution in [0, 0.1) is 11.3 Å². The van der Waals surface area contributed by atoms with E-state index in [1.807, 2.05) is 32.2 Å². The summed E-state index contributed by atoms with van der Waals surface area (Å²) >= 11 is 0. The van der Waals surface area contributed by atoms with E-state index in [1.165, 1.54) is 9.91 Å². The number of hydrazine groups is 1. The molecule has 3 atom stereocenters. The van der Waals surface area contributed by atoms with Crippen molar-refractivity contribution in [1.82, 2.24) is 35.5 Å². The molecule has 2 aliphatic heterocycles. The first-order valence-electron chi connectivity index (χ1n) is 25.4. The Bertz CT molecular complexity index is 2470. The third kappa shape index (κ3) is 11.3. The molecule has 1 fully saturated rings. The summed E-state index contributed by atoms with van der Waals surface area (Å²) < 4.78 is 16.1. The lowest BCUT2D eigenvalue weighted by Crippen LogP contribution is -2.62. The molecule has 376 valence electrons. The van der Waals surface area contributed by atoms with E-state index in [1.54, 1.807) is 14.1 Å². The van der Waals surface area contributed by atoms with E-state index >= 15 is 4.79 Å². The lowest BCUT2D eigenvalue weighted by Gasteiger charge is -2.42. The quantitative estimate of drug-likeness (QED) is 0.0831. The van der Waals surface area contributed by atoms with E-state index in [4.69, 9.17) is 14.1 Å². The number of ether oxygens (including phenoxy) is 1. The summed E-state index contributed by atoms with van der Waals surface area (Å²) in [4.78, 5) is 63.3. The molecule has 0 saturated carbocycles. The maximum absolute atomic E-state index is 15.0. The van der Waals surface area contributed by atoms with Gasteiger partial charge in [0.1, 0.15) is 23.9 Å². The van der Waals surface area contributed by atoms with Crippen LogP contribution in [0.4, 0.5) is 0 Å². The van der Waals surface area contributed by atoms with Crippen molar-refractivity contribution in [2.75, 3.05) is 33.8 Å². The van der Waals surface area contributed by atoms with Crippen LogP contribution < -0.4 is 20.5 Å². The molecule has 0 aliphatic carbocycles. The van der Waals surface area contributed by atoms with Crippen LogP contribution in [0.25, 0.3) is 33.3 Å². The zero-order valence-corrected chi connectivity index (χ0v) is 45.2. The highest BCUT2D eigenvalue weighted by atomic mass is 28.4. The number of hydrogen-bond acceptors (Lipinski definition) is 9. The Morgan fingerprint density at radius 3 is 2.29 bits per heavy atom. The first-order chi connectivity index (χ1) is 32.5. The van der Waals surface area contributed by atoms with E-state index in [9.17, 15) is 14.4 Å². The van der Waals surface area contributed by atoms with Gasteiger partial charge in [-0.15, -0.1) is 0 Å². The number of hydrogen-bond donors (Lipinski definition) is 3. The van der Waals surface area contributed by atoms with Gasteiger partial charge in [0.2, 0.25) is 11.8 Å². The number of aryl methyl sites for hydroxylation is 1. The standard InChI is InChI=1S/C55H81N7O6Si/c1-16-61-47-22-21-39-29-43(47)44(51(61)42-19-17-23-57-49(42)33(2)3)30-55(12,13)32-67-54(66)45-20-18-24-62(59-45)53(65)46(58-52(64)50(34(4)5)60(15)48(63)31-56-14)27-38-25-40(39)28-41(26-38)68-69(35(6)7,36(8)9)37(10)11/h17,19,21-23,25-26,28-29,33-37,45-46,50,56,59H,16,18,20,24,27,30-32H2,1-15H3,(H,58,64)/t45-,46-,50-/m0/s1. The summed E-state index contributed by atoms with van der Waals surface area (Å²) in [6, 6.07) is 14.5. The van der Waals surface area contributed by atoms with Gasteiger partial charge >= 0.3 is 5.97 Å². The Morgan fingerprint density at radius 1 is 0.971 bits per heavy atom. The summed E-state index contributed by atoms with van der Waals surface area (Å²) in [5, 5.41) is 8.61. The summed E-state index contributed by atoms with van der Waals surface area (Å²) in [6.45, 7) is 29.5. The maximum Gasteiger partial charge on any atom is 0.324 e. The Hall–Kier alpha value is -5.05. The molecule has 69 heavy (non-hydrogen) atoms. The van der Waals surface area contributed by atoms with Crippen molar-refractivity contribution >= 4 is 42.9 Å². The number of esters is 1. The highest BCUT2D eigenvalue weighted by molar-refractivity contribution is 6.78. The molecule has 6 rings (SSSR count). The van der Waals surface area contributed by atoms with Gasteiger partial charge in [-0.1, -0.05) is 95.2 Å². The first kappa shape index (κ1) is 53.3. The summed E-state index contributed by atoms with van der Waals surface area (Å²) in [6.07, 6.45) is 3.65. The number of rotatable bonds is 14. The fraction of sp³-hybridized carbons (Fsp3) is 0.582. The molecule has 4 heterocycles. The Kier molecular flexibility index (Phi) is 16.9. The molecule has 14 heteroatoms. The minimum Gasteiger partial charge on any atom is -0.543 e. The van der Waals surface area contributed by atoms with E-state index in [2.05, 4.69) is 133 Å². The minimum absolute atomic E-state index is 0.0610. The van der Waals surface area contributed by atoms with Gasteiger partial charge in [0.15, 0.2) is 0 Å². The van der Waals surface area contributed by atoms with Crippen LogP contribution in [0.3, 0.4) is 0 Å².